The molecule has 0 amide bonds. The van der Waals surface area contributed by atoms with Gasteiger partial charge in [-0.05, 0) is 34.9 Å². The van der Waals surface area contributed by atoms with E-state index < -0.39 is 37.5 Å². The van der Waals surface area contributed by atoms with Crippen LogP contribution in [0.2, 0.25) is 0 Å². The van der Waals surface area contributed by atoms with Crippen molar-refractivity contribution in [3.8, 4) is 22.3 Å². The Morgan fingerprint density at radius 1 is 0.605 bits per heavy atom. The van der Waals surface area contributed by atoms with Gasteiger partial charge in [-0.25, -0.2) is 0 Å². The molecule has 0 fully saturated rings. The fourth-order valence-electron chi connectivity index (χ4n) is 4.89. The van der Waals surface area contributed by atoms with Crippen LogP contribution in [0, 0.1) is 30.3 Å². The van der Waals surface area contributed by atoms with E-state index in [4.69, 9.17) is 0 Å². The standard InChI is InChI=1S/C30H20N6O6S/c37-34(38)20-15-23(35(39)40)28(24(16-20)36(41)42)32-33-30-27(19-11-5-2-6-12-19)21(18-9-3-1-4-10-18)17-26-29(30)31-22-13-7-8-14-25(22)43-26/h1-17,31-33H. The maximum atomic E-state index is 12.0. The van der Waals surface area contributed by atoms with Crippen molar-refractivity contribution in [2.45, 2.75) is 9.79 Å². The predicted octanol–water partition coefficient (Wildman–Crippen LogP) is 8.39. The molecule has 0 bridgehead atoms. The van der Waals surface area contributed by atoms with Gasteiger partial charge in [0, 0.05) is 15.4 Å². The zero-order valence-corrected chi connectivity index (χ0v) is 22.8. The summed E-state index contributed by atoms with van der Waals surface area (Å²) in [5.74, 6) is 0. The zero-order valence-electron chi connectivity index (χ0n) is 22.0. The second kappa shape index (κ2) is 11.1. The Hall–Kier alpha value is -5.95. The SMILES string of the molecule is O=[N+]([O-])c1cc([N+](=O)[O-])c(NNc2c3c(cc(-c4ccccc4)c2-c2ccccc2)Sc2ccccc2N3)c([N+](=O)[O-])c1. The first-order valence-electron chi connectivity index (χ1n) is 12.8. The van der Waals surface area contributed by atoms with Gasteiger partial charge in [-0.2, -0.15) is 0 Å². The molecule has 0 radical (unpaired) electrons. The van der Waals surface area contributed by atoms with Gasteiger partial charge in [0.05, 0.1) is 44.0 Å². The highest BCUT2D eigenvalue weighted by Crippen LogP contribution is 2.53. The van der Waals surface area contributed by atoms with Gasteiger partial charge in [0.1, 0.15) is 0 Å². The Balaban J connectivity index is 1.59. The Kier molecular flexibility index (Phi) is 7.06. The van der Waals surface area contributed by atoms with Gasteiger partial charge in [0.2, 0.25) is 5.69 Å². The average molecular weight is 593 g/mol. The Morgan fingerprint density at radius 3 is 1.77 bits per heavy atom. The fraction of sp³-hybridized carbons (Fsp3) is 0. The van der Waals surface area contributed by atoms with E-state index in [1.54, 1.807) is 0 Å². The second-order valence-electron chi connectivity index (χ2n) is 9.38. The number of hydrogen-bond acceptors (Lipinski definition) is 10. The summed E-state index contributed by atoms with van der Waals surface area (Å²) in [6.07, 6.45) is 0. The van der Waals surface area contributed by atoms with Crippen molar-refractivity contribution >= 4 is 51.6 Å². The molecular formula is C30H20N6O6S. The minimum Gasteiger partial charge on any atom is -0.352 e. The van der Waals surface area contributed by atoms with E-state index in [0.717, 1.165) is 37.7 Å². The van der Waals surface area contributed by atoms with Crippen molar-refractivity contribution in [2.75, 3.05) is 16.2 Å². The Labute approximate surface area is 247 Å². The summed E-state index contributed by atoms with van der Waals surface area (Å²) in [5.41, 5.74) is 7.99. The second-order valence-corrected chi connectivity index (χ2v) is 10.5. The van der Waals surface area contributed by atoms with Crippen molar-refractivity contribution in [2.24, 2.45) is 0 Å². The first-order chi connectivity index (χ1) is 20.8. The van der Waals surface area contributed by atoms with E-state index in [1.807, 2.05) is 84.9 Å². The third-order valence-electron chi connectivity index (χ3n) is 6.80. The number of rotatable bonds is 8. The first kappa shape index (κ1) is 27.2. The van der Waals surface area contributed by atoms with E-state index in [0.29, 0.717) is 23.5 Å². The van der Waals surface area contributed by atoms with E-state index in [9.17, 15) is 30.3 Å². The Bertz CT molecular complexity index is 1890. The van der Waals surface area contributed by atoms with E-state index >= 15 is 0 Å². The van der Waals surface area contributed by atoms with Crippen LogP contribution in [0.3, 0.4) is 0 Å². The number of benzene rings is 5. The lowest BCUT2D eigenvalue weighted by molar-refractivity contribution is -0.401. The maximum absolute atomic E-state index is 12.0. The number of anilines is 4. The van der Waals surface area contributed by atoms with Crippen molar-refractivity contribution < 1.29 is 14.8 Å². The van der Waals surface area contributed by atoms with Crippen molar-refractivity contribution in [1.82, 2.24) is 0 Å². The van der Waals surface area contributed by atoms with Crippen LogP contribution in [0.15, 0.2) is 113 Å². The minimum absolute atomic E-state index is 0.464. The number of fused-ring (bicyclic) bond motifs is 2. The highest BCUT2D eigenvalue weighted by atomic mass is 32.2. The summed E-state index contributed by atoms with van der Waals surface area (Å²) in [6.45, 7) is 0. The van der Waals surface area contributed by atoms with Crippen LogP contribution in [-0.2, 0) is 0 Å². The third-order valence-corrected chi connectivity index (χ3v) is 7.92. The number of nitrogens with zero attached hydrogens (tertiary/aromatic N) is 3. The van der Waals surface area contributed by atoms with Crippen LogP contribution in [-0.4, -0.2) is 14.8 Å². The predicted molar refractivity (Wildman–Crippen MR) is 165 cm³/mol. The minimum atomic E-state index is -0.914. The molecule has 0 saturated carbocycles. The number of para-hydroxylation sites is 1. The Morgan fingerprint density at radius 2 is 1.16 bits per heavy atom. The molecule has 0 aliphatic carbocycles. The van der Waals surface area contributed by atoms with E-state index in [1.165, 1.54) is 11.8 Å². The normalized spacial score (nSPS) is 11.4. The monoisotopic (exact) mass is 592 g/mol. The molecule has 5 aromatic carbocycles. The van der Waals surface area contributed by atoms with Gasteiger partial charge in [-0.1, -0.05) is 84.6 Å². The lowest BCUT2D eigenvalue weighted by Gasteiger charge is -2.28. The summed E-state index contributed by atoms with van der Waals surface area (Å²) in [6, 6.07) is 30.3. The van der Waals surface area contributed by atoms with Crippen molar-refractivity contribution in [3.05, 3.63) is 133 Å². The third kappa shape index (κ3) is 5.15. The molecule has 0 atom stereocenters. The van der Waals surface area contributed by atoms with Crippen LogP contribution in [0.25, 0.3) is 22.3 Å². The van der Waals surface area contributed by atoms with Crippen LogP contribution < -0.4 is 16.2 Å². The maximum Gasteiger partial charge on any atom is 0.308 e. The lowest BCUT2D eigenvalue weighted by atomic mass is 9.92. The number of non-ortho nitro benzene ring substituents is 1. The summed E-state index contributed by atoms with van der Waals surface area (Å²) in [4.78, 5) is 34.4. The molecule has 1 aliphatic heterocycles. The van der Waals surface area contributed by atoms with E-state index in [-0.39, 0.29) is 0 Å². The molecule has 1 heterocycles. The van der Waals surface area contributed by atoms with Crippen LogP contribution in [0.4, 0.5) is 39.8 Å². The smallest absolute Gasteiger partial charge is 0.308 e. The van der Waals surface area contributed by atoms with Crippen molar-refractivity contribution in [1.29, 1.82) is 0 Å². The highest BCUT2D eigenvalue weighted by Gasteiger charge is 2.32. The largest absolute Gasteiger partial charge is 0.352 e. The van der Waals surface area contributed by atoms with Crippen LogP contribution in [0.1, 0.15) is 0 Å². The van der Waals surface area contributed by atoms with Gasteiger partial charge in [0.25, 0.3) is 5.69 Å². The quantitative estimate of drug-likeness (QED) is 0.115. The number of nitro groups is 3. The molecule has 43 heavy (non-hydrogen) atoms. The molecule has 3 N–H and O–H groups in total. The molecular weight excluding hydrogens is 572 g/mol. The first-order valence-corrected chi connectivity index (χ1v) is 13.6. The summed E-state index contributed by atoms with van der Waals surface area (Å²) < 4.78 is 0. The van der Waals surface area contributed by atoms with Gasteiger partial charge < -0.3 is 5.32 Å². The van der Waals surface area contributed by atoms with Crippen LogP contribution >= 0.6 is 11.8 Å². The average Bonchev–Trinajstić information content (AvgIpc) is 3.02. The molecule has 0 saturated heterocycles. The summed E-state index contributed by atoms with van der Waals surface area (Å²) in [7, 11) is 0. The molecule has 0 unspecified atom stereocenters. The summed E-state index contributed by atoms with van der Waals surface area (Å²) >= 11 is 1.53. The highest BCUT2D eigenvalue weighted by molar-refractivity contribution is 7.99. The van der Waals surface area contributed by atoms with Gasteiger partial charge in [-0.3, -0.25) is 41.2 Å². The topological polar surface area (TPSA) is 166 Å². The number of hydrazine groups is 1. The molecule has 5 aromatic rings. The van der Waals surface area contributed by atoms with Gasteiger partial charge in [0.15, 0.2) is 0 Å². The molecule has 6 rings (SSSR count). The fourth-order valence-corrected chi connectivity index (χ4v) is 5.94. The molecule has 212 valence electrons. The number of nitro benzene ring substituents is 3. The molecule has 12 nitrogen and oxygen atoms in total. The van der Waals surface area contributed by atoms with Gasteiger partial charge >= 0.3 is 11.4 Å². The lowest BCUT2D eigenvalue weighted by Crippen LogP contribution is -2.16. The number of hydrogen-bond donors (Lipinski definition) is 3. The molecule has 0 spiro atoms. The zero-order chi connectivity index (χ0) is 30.1. The summed E-state index contributed by atoms with van der Waals surface area (Å²) in [5, 5.41) is 38.8. The molecule has 1 aliphatic rings. The van der Waals surface area contributed by atoms with Gasteiger partial charge in [-0.15, -0.1) is 0 Å². The van der Waals surface area contributed by atoms with Crippen LogP contribution in [0.5, 0.6) is 0 Å². The molecule has 0 aromatic heterocycles. The van der Waals surface area contributed by atoms with Crippen molar-refractivity contribution in [3.63, 3.8) is 0 Å². The molecule has 13 heteroatoms. The number of nitrogens with one attached hydrogen (secondary N) is 3. The van der Waals surface area contributed by atoms with E-state index in [2.05, 4.69) is 22.2 Å².